The summed E-state index contributed by atoms with van der Waals surface area (Å²) in [7, 11) is 1.45. The van der Waals surface area contributed by atoms with E-state index < -0.39 is 11.4 Å². The van der Waals surface area contributed by atoms with Crippen molar-refractivity contribution in [2.24, 2.45) is 5.92 Å². The summed E-state index contributed by atoms with van der Waals surface area (Å²) in [4.78, 5) is 16.9. The first-order valence-corrected chi connectivity index (χ1v) is 13.3. The van der Waals surface area contributed by atoms with E-state index in [-0.39, 0.29) is 17.1 Å². The molecule has 0 amide bonds. The summed E-state index contributed by atoms with van der Waals surface area (Å²) in [5.74, 6) is -0.00606. The van der Waals surface area contributed by atoms with Crippen LogP contribution in [0.2, 0.25) is 5.02 Å². The van der Waals surface area contributed by atoms with Gasteiger partial charge in [-0.25, -0.2) is 9.18 Å². The number of aromatic nitrogens is 1. The number of nitrogens with one attached hydrogen (secondary N) is 1. The average molecular weight is 523 g/mol. The number of nitrogens with zero attached hydrogens (tertiary/aromatic N) is 1. The molecule has 1 saturated carbocycles. The molecule has 194 valence electrons. The molecule has 37 heavy (non-hydrogen) atoms. The summed E-state index contributed by atoms with van der Waals surface area (Å²) >= 11 is 6.21. The van der Waals surface area contributed by atoms with Crippen molar-refractivity contribution >= 4 is 23.3 Å². The Morgan fingerprint density at radius 2 is 1.95 bits per heavy atom. The van der Waals surface area contributed by atoms with Gasteiger partial charge in [-0.2, -0.15) is 0 Å². The van der Waals surface area contributed by atoms with Crippen molar-refractivity contribution < 1.29 is 18.7 Å². The number of fused-ring (bicyclic) bond motifs is 2. The maximum Gasteiger partial charge on any atom is 0.331 e. The van der Waals surface area contributed by atoms with E-state index in [0.29, 0.717) is 30.4 Å². The molecule has 1 atom stereocenters. The number of hydrogen-bond acceptors (Lipinski definition) is 5. The van der Waals surface area contributed by atoms with Gasteiger partial charge in [0.05, 0.1) is 19.9 Å². The van der Waals surface area contributed by atoms with Crippen LogP contribution in [0.25, 0.3) is 0 Å². The number of hydrogen-bond donors (Lipinski definition) is 1. The zero-order chi connectivity index (χ0) is 25.9. The van der Waals surface area contributed by atoms with E-state index in [2.05, 4.69) is 34.6 Å². The second-order valence-electron chi connectivity index (χ2n) is 10.2. The highest BCUT2D eigenvalue weighted by molar-refractivity contribution is 6.30. The molecule has 0 saturated heterocycles. The minimum absolute atomic E-state index is 0.00789. The fourth-order valence-corrected chi connectivity index (χ4v) is 6.64. The molecule has 1 N–H and O–H groups in total. The number of halogens is 2. The number of esters is 1. The Kier molecular flexibility index (Phi) is 7.38. The molecular formula is C30H32ClFN2O3. The van der Waals surface area contributed by atoms with Gasteiger partial charge in [0.25, 0.3) is 0 Å². The van der Waals surface area contributed by atoms with Gasteiger partial charge in [0.2, 0.25) is 0 Å². The van der Waals surface area contributed by atoms with E-state index in [1.165, 1.54) is 30.6 Å². The quantitative estimate of drug-likeness (QED) is 0.262. The second kappa shape index (κ2) is 10.7. The highest BCUT2D eigenvalue weighted by atomic mass is 35.5. The van der Waals surface area contributed by atoms with Crippen molar-refractivity contribution in [3.63, 3.8) is 0 Å². The van der Waals surface area contributed by atoms with Gasteiger partial charge in [-0.3, -0.25) is 4.98 Å². The highest BCUT2D eigenvalue weighted by Crippen LogP contribution is 2.55. The molecule has 0 bridgehead atoms. The molecule has 0 radical (unpaired) electrons. The first kappa shape index (κ1) is 25.5. The molecule has 0 aliphatic heterocycles. The monoisotopic (exact) mass is 522 g/mol. The SMILES string of the molecule is COC(=O)C1(Nc2cccc(Cl)c2)CCC2(CC1)c1ccccc1CC2CCCOc1ccncc1F. The van der Waals surface area contributed by atoms with Crippen LogP contribution in [0.1, 0.15) is 49.7 Å². The van der Waals surface area contributed by atoms with Crippen LogP contribution in [-0.2, 0) is 21.4 Å². The standard InChI is InChI=1S/C30H32ClFN2O3/c1-36-28(35)30(34-24-9-4-8-23(31)19-24)14-12-29(13-15-30)22(18-21-6-2-3-10-25(21)29)7-5-17-37-27-11-16-33-20-26(27)32/h2-4,6,8-11,16,19-20,22,34H,5,7,12-15,17-18H2,1H3. The lowest BCUT2D eigenvalue weighted by Crippen LogP contribution is -2.53. The Hall–Kier alpha value is -3.12. The molecule has 7 heteroatoms. The molecule has 3 aromatic rings. The van der Waals surface area contributed by atoms with Gasteiger partial charge in [-0.1, -0.05) is 41.9 Å². The molecule has 2 aliphatic carbocycles. The van der Waals surface area contributed by atoms with Gasteiger partial charge in [0.15, 0.2) is 11.6 Å². The maximum atomic E-state index is 13.9. The van der Waals surface area contributed by atoms with Crippen molar-refractivity contribution in [1.29, 1.82) is 0 Å². The Balaban J connectivity index is 1.33. The van der Waals surface area contributed by atoms with E-state index in [0.717, 1.165) is 37.8 Å². The van der Waals surface area contributed by atoms with Crippen LogP contribution in [0, 0.1) is 11.7 Å². The van der Waals surface area contributed by atoms with E-state index in [4.69, 9.17) is 21.1 Å². The van der Waals surface area contributed by atoms with Gasteiger partial charge in [0, 0.05) is 23.0 Å². The van der Waals surface area contributed by atoms with E-state index in [1.54, 1.807) is 6.07 Å². The van der Waals surface area contributed by atoms with E-state index in [9.17, 15) is 9.18 Å². The predicted molar refractivity (Wildman–Crippen MR) is 143 cm³/mol. The topological polar surface area (TPSA) is 60.5 Å². The number of rotatable bonds is 8. The number of pyridine rings is 1. The summed E-state index contributed by atoms with van der Waals surface area (Å²) in [6.07, 6.45) is 8.57. The van der Waals surface area contributed by atoms with Gasteiger partial charge >= 0.3 is 5.97 Å². The molecule has 1 heterocycles. The summed E-state index contributed by atoms with van der Waals surface area (Å²) < 4.78 is 24.9. The zero-order valence-electron chi connectivity index (χ0n) is 21.0. The third-order valence-electron chi connectivity index (χ3n) is 8.27. The molecule has 2 aliphatic rings. The van der Waals surface area contributed by atoms with Crippen LogP contribution in [0.15, 0.2) is 67.0 Å². The molecule has 1 fully saturated rings. The van der Waals surface area contributed by atoms with E-state index in [1.807, 2.05) is 24.3 Å². The smallest absolute Gasteiger partial charge is 0.331 e. The second-order valence-corrected chi connectivity index (χ2v) is 10.7. The van der Waals surface area contributed by atoms with E-state index >= 15 is 0 Å². The van der Waals surface area contributed by atoms with Crippen LogP contribution in [-0.4, -0.2) is 30.2 Å². The minimum atomic E-state index is -0.797. The Morgan fingerprint density at radius 3 is 2.70 bits per heavy atom. The van der Waals surface area contributed by atoms with Gasteiger partial charge in [-0.15, -0.1) is 0 Å². The zero-order valence-corrected chi connectivity index (χ0v) is 21.8. The van der Waals surface area contributed by atoms with Gasteiger partial charge in [0.1, 0.15) is 5.54 Å². The Bertz CT molecular complexity index is 1260. The number of anilines is 1. The number of carbonyl (C=O) groups is 1. The highest BCUT2D eigenvalue weighted by Gasteiger charge is 2.53. The number of methoxy groups -OCH3 is 1. The van der Waals surface area contributed by atoms with Crippen LogP contribution in [0.4, 0.5) is 10.1 Å². The summed E-state index contributed by atoms with van der Waals surface area (Å²) in [6.45, 7) is 0.451. The molecule has 5 rings (SSSR count). The van der Waals surface area contributed by atoms with Crippen LogP contribution >= 0.6 is 11.6 Å². The number of ether oxygens (including phenoxy) is 2. The van der Waals surface area contributed by atoms with Crippen molar-refractivity contribution in [3.8, 4) is 5.75 Å². The normalized spacial score (nSPS) is 24.5. The average Bonchev–Trinajstić information content (AvgIpc) is 3.21. The molecule has 1 unspecified atom stereocenters. The maximum absolute atomic E-state index is 13.9. The lowest BCUT2D eigenvalue weighted by Gasteiger charge is -2.47. The third kappa shape index (κ3) is 5.04. The number of carbonyl (C=O) groups excluding carboxylic acids is 1. The van der Waals surface area contributed by atoms with Crippen LogP contribution in [0.3, 0.4) is 0 Å². The first-order chi connectivity index (χ1) is 18.0. The lowest BCUT2D eigenvalue weighted by atomic mass is 9.60. The van der Waals surface area contributed by atoms with Crippen LogP contribution in [0.5, 0.6) is 5.75 Å². The number of benzene rings is 2. The minimum Gasteiger partial charge on any atom is -0.490 e. The largest absolute Gasteiger partial charge is 0.490 e. The first-order valence-electron chi connectivity index (χ1n) is 12.9. The fourth-order valence-electron chi connectivity index (χ4n) is 6.45. The Labute approximate surface area is 222 Å². The van der Waals surface area contributed by atoms with Crippen LogP contribution < -0.4 is 10.1 Å². The van der Waals surface area contributed by atoms with Gasteiger partial charge < -0.3 is 14.8 Å². The summed E-state index contributed by atoms with van der Waals surface area (Å²) in [5.41, 5.74) is 2.81. The summed E-state index contributed by atoms with van der Waals surface area (Å²) in [6, 6.07) is 17.7. The summed E-state index contributed by atoms with van der Waals surface area (Å²) in [5, 5.41) is 4.11. The molecule has 1 spiro atoms. The van der Waals surface area contributed by atoms with Crippen molar-refractivity contribution in [2.75, 3.05) is 19.0 Å². The van der Waals surface area contributed by atoms with Crippen molar-refractivity contribution in [3.05, 3.63) is 89.0 Å². The van der Waals surface area contributed by atoms with Crippen molar-refractivity contribution in [2.45, 2.75) is 55.9 Å². The predicted octanol–water partition coefficient (Wildman–Crippen LogP) is 6.74. The lowest BCUT2D eigenvalue weighted by molar-refractivity contribution is -0.148. The molecular weight excluding hydrogens is 491 g/mol. The molecule has 2 aromatic carbocycles. The third-order valence-corrected chi connectivity index (χ3v) is 8.51. The van der Waals surface area contributed by atoms with Gasteiger partial charge in [-0.05, 0) is 85.6 Å². The Morgan fingerprint density at radius 1 is 1.14 bits per heavy atom. The molecule has 1 aromatic heterocycles. The van der Waals surface area contributed by atoms with Crippen molar-refractivity contribution in [1.82, 2.24) is 4.98 Å². The fraction of sp³-hybridized carbons (Fsp3) is 0.400. The molecule has 5 nitrogen and oxygen atoms in total.